The first-order valence-corrected chi connectivity index (χ1v) is 14.5. The van der Waals surface area contributed by atoms with Crippen LogP contribution in [0, 0.1) is 11.7 Å². The normalized spacial score (nSPS) is 17.4. The first-order chi connectivity index (χ1) is 21.7. The Balaban J connectivity index is 1.53. The highest BCUT2D eigenvalue weighted by Crippen LogP contribution is 2.31. The quantitative estimate of drug-likeness (QED) is 0.242. The summed E-state index contributed by atoms with van der Waals surface area (Å²) in [6.07, 6.45) is -5.25. The number of benzene rings is 3. The van der Waals surface area contributed by atoms with Crippen LogP contribution in [0.15, 0.2) is 66.7 Å². The number of anilines is 3. The van der Waals surface area contributed by atoms with Crippen molar-refractivity contribution in [2.45, 2.75) is 38.6 Å². The van der Waals surface area contributed by atoms with Crippen molar-refractivity contribution in [3.63, 3.8) is 0 Å². The molecule has 1 aliphatic heterocycles. The minimum Gasteiger partial charge on any atom is -0.488 e. The molecule has 0 fully saturated rings. The largest absolute Gasteiger partial charge is 0.488 e. The molecule has 0 aliphatic carbocycles. The number of carbonyl (C=O) groups is 3. The van der Waals surface area contributed by atoms with E-state index in [0.717, 1.165) is 24.3 Å². The summed E-state index contributed by atoms with van der Waals surface area (Å²) in [7, 11) is 1.51. The summed E-state index contributed by atoms with van der Waals surface area (Å²) in [4.78, 5) is 41.9. The molecular formula is C32H35F4N5O5. The lowest BCUT2D eigenvalue weighted by molar-refractivity contribution is -0.137. The van der Waals surface area contributed by atoms with Gasteiger partial charge >= 0.3 is 18.2 Å². The maximum Gasteiger partial charge on any atom is 0.416 e. The fourth-order valence-electron chi connectivity index (χ4n) is 4.87. The van der Waals surface area contributed by atoms with E-state index < -0.39 is 41.8 Å². The Morgan fingerprint density at radius 2 is 1.59 bits per heavy atom. The van der Waals surface area contributed by atoms with Crippen molar-refractivity contribution in [1.82, 2.24) is 9.80 Å². The second kappa shape index (κ2) is 14.5. The summed E-state index contributed by atoms with van der Waals surface area (Å²) >= 11 is 0. The number of rotatable bonds is 7. The highest BCUT2D eigenvalue weighted by atomic mass is 19.4. The number of carbonyl (C=O) groups excluding carboxylic acids is 3. The summed E-state index contributed by atoms with van der Waals surface area (Å²) in [6, 6.07) is 12.4. The number of halogens is 4. The monoisotopic (exact) mass is 645 g/mol. The molecule has 4 N–H and O–H groups in total. The predicted molar refractivity (Wildman–Crippen MR) is 164 cm³/mol. The molecule has 14 heteroatoms. The fraction of sp³-hybridized carbons (Fsp3) is 0.344. The Morgan fingerprint density at radius 1 is 1.00 bits per heavy atom. The lowest BCUT2D eigenvalue weighted by atomic mass is 10.0. The highest BCUT2D eigenvalue weighted by Gasteiger charge is 2.32. The number of aliphatic hydroxyl groups excluding tert-OH is 1. The van der Waals surface area contributed by atoms with Gasteiger partial charge in [0.25, 0.3) is 0 Å². The van der Waals surface area contributed by atoms with Crippen LogP contribution in [0.1, 0.15) is 25.0 Å². The summed E-state index contributed by atoms with van der Waals surface area (Å²) < 4.78 is 58.3. The summed E-state index contributed by atoms with van der Waals surface area (Å²) in [5.74, 6) is -0.703. The Hall–Kier alpha value is -4.85. The third kappa shape index (κ3) is 8.87. The van der Waals surface area contributed by atoms with Crippen LogP contribution in [0.25, 0.3) is 0 Å². The minimum absolute atomic E-state index is 0.0443. The van der Waals surface area contributed by atoms with Crippen LogP contribution >= 0.6 is 0 Å². The van der Waals surface area contributed by atoms with Gasteiger partial charge in [0, 0.05) is 42.1 Å². The molecule has 0 unspecified atom stereocenters. The molecule has 3 atom stereocenters. The maximum atomic E-state index is 13.4. The summed E-state index contributed by atoms with van der Waals surface area (Å²) in [5, 5.41) is 17.7. The van der Waals surface area contributed by atoms with E-state index in [9.17, 15) is 37.1 Å². The Morgan fingerprint density at radius 3 is 2.22 bits per heavy atom. The number of nitrogens with one attached hydrogen (secondary N) is 3. The van der Waals surface area contributed by atoms with Crippen molar-refractivity contribution in [2.75, 3.05) is 42.7 Å². The summed E-state index contributed by atoms with van der Waals surface area (Å²) in [6.45, 7) is 3.52. The third-order valence-electron chi connectivity index (χ3n) is 7.54. The Kier molecular flexibility index (Phi) is 10.7. The topological polar surface area (TPSA) is 123 Å². The van der Waals surface area contributed by atoms with Gasteiger partial charge in [0.15, 0.2) is 0 Å². The Labute approximate surface area is 263 Å². The van der Waals surface area contributed by atoms with Crippen molar-refractivity contribution in [3.8, 4) is 5.75 Å². The molecule has 0 aromatic heterocycles. The molecule has 0 saturated carbocycles. The van der Waals surface area contributed by atoms with E-state index in [0.29, 0.717) is 22.7 Å². The van der Waals surface area contributed by atoms with Crippen molar-refractivity contribution < 1.29 is 41.8 Å². The zero-order valence-electron chi connectivity index (χ0n) is 25.4. The number of hydrogen-bond donors (Lipinski definition) is 4. The lowest BCUT2D eigenvalue weighted by Gasteiger charge is -2.34. The number of fused-ring (bicyclic) bond motifs is 1. The van der Waals surface area contributed by atoms with Crippen LogP contribution in [-0.2, 0) is 17.4 Å². The van der Waals surface area contributed by atoms with Crippen LogP contribution in [0.5, 0.6) is 5.75 Å². The first kappa shape index (κ1) is 34.0. The molecule has 10 nitrogen and oxygen atoms in total. The van der Waals surface area contributed by atoms with Gasteiger partial charge in [0.05, 0.1) is 31.2 Å². The molecule has 4 rings (SSSR count). The number of nitrogens with zero attached hydrogens (tertiary/aromatic N) is 2. The number of likely N-dealkylation sites (N-methyl/N-ethyl adjacent to an activating group) is 1. The van der Waals surface area contributed by atoms with E-state index >= 15 is 0 Å². The smallest absolute Gasteiger partial charge is 0.416 e. The molecule has 0 saturated heterocycles. The van der Waals surface area contributed by atoms with Gasteiger partial charge in [-0.3, -0.25) is 4.79 Å². The van der Waals surface area contributed by atoms with Crippen LogP contribution in [0.4, 0.5) is 44.2 Å². The van der Waals surface area contributed by atoms with Gasteiger partial charge < -0.3 is 35.6 Å². The molecule has 3 aromatic carbocycles. The number of ether oxygens (including phenoxy) is 1. The molecule has 0 radical (unpaired) electrons. The molecule has 0 spiro atoms. The molecule has 3 aromatic rings. The highest BCUT2D eigenvalue weighted by molar-refractivity contribution is 6.00. The van der Waals surface area contributed by atoms with E-state index in [1.54, 1.807) is 30.0 Å². The summed E-state index contributed by atoms with van der Waals surface area (Å²) in [5.41, 5.74) is 0.519. The van der Waals surface area contributed by atoms with Gasteiger partial charge in [-0.2, -0.15) is 13.2 Å². The molecule has 46 heavy (non-hydrogen) atoms. The van der Waals surface area contributed by atoms with Gasteiger partial charge in [-0.15, -0.1) is 0 Å². The molecule has 246 valence electrons. The third-order valence-corrected chi connectivity index (χ3v) is 7.54. The zero-order valence-corrected chi connectivity index (χ0v) is 25.4. The number of hydrogen-bond acceptors (Lipinski definition) is 5. The fourth-order valence-corrected chi connectivity index (χ4v) is 4.87. The number of amides is 5. The Bertz CT molecular complexity index is 1540. The predicted octanol–water partition coefficient (Wildman–Crippen LogP) is 5.80. The van der Waals surface area contributed by atoms with E-state index in [1.165, 1.54) is 36.2 Å². The van der Waals surface area contributed by atoms with Crippen LogP contribution in [-0.4, -0.2) is 71.8 Å². The maximum absolute atomic E-state index is 13.4. The SMILES string of the molecule is C[C@@H]1CN([C@@H](C)CO)C(=O)Cc2cc(NC(=O)Nc3ccc(F)cc3)ccc2O[C@@H]1CN(C)C(=O)Nc1ccc(C(F)(F)F)cc1. The first-order valence-electron chi connectivity index (χ1n) is 14.5. The van der Waals surface area contributed by atoms with E-state index in [2.05, 4.69) is 16.0 Å². The molecule has 1 aliphatic rings. The number of aliphatic hydroxyl groups is 1. The standard InChI is InChI=1S/C32H35F4N5O5/c1-19-16-41(20(2)18-42)29(43)15-21-14-26(38-30(44)37-24-10-6-23(33)7-11-24)12-13-27(21)46-28(19)17-40(3)31(45)39-25-8-4-22(5-9-25)32(34,35)36/h4-14,19-20,28,42H,15-18H2,1-3H3,(H,39,45)(H2,37,38,44)/t19-,20+,28-/m1/s1. The number of alkyl halides is 3. The zero-order chi connectivity index (χ0) is 33.6. The van der Waals surface area contributed by atoms with Crippen LogP contribution in [0.2, 0.25) is 0 Å². The second-order valence-corrected chi connectivity index (χ2v) is 11.2. The molecule has 1 heterocycles. The van der Waals surface area contributed by atoms with E-state index in [4.69, 9.17) is 4.74 Å². The van der Waals surface area contributed by atoms with Crippen LogP contribution < -0.4 is 20.7 Å². The average molecular weight is 646 g/mol. The van der Waals surface area contributed by atoms with Crippen molar-refractivity contribution in [3.05, 3.63) is 83.7 Å². The van der Waals surface area contributed by atoms with Gasteiger partial charge in [-0.05, 0) is 73.7 Å². The van der Waals surface area contributed by atoms with Gasteiger partial charge in [-0.25, -0.2) is 14.0 Å². The van der Waals surface area contributed by atoms with Gasteiger partial charge in [-0.1, -0.05) is 6.92 Å². The molecule has 5 amide bonds. The lowest BCUT2D eigenvalue weighted by Crippen LogP contribution is -2.48. The van der Waals surface area contributed by atoms with Crippen molar-refractivity contribution in [1.29, 1.82) is 0 Å². The molecule has 0 bridgehead atoms. The minimum atomic E-state index is -4.50. The number of urea groups is 2. The van der Waals surface area contributed by atoms with E-state index in [-0.39, 0.29) is 43.6 Å². The van der Waals surface area contributed by atoms with Crippen molar-refractivity contribution >= 4 is 35.0 Å². The van der Waals surface area contributed by atoms with Crippen LogP contribution in [0.3, 0.4) is 0 Å². The molecular weight excluding hydrogens is 610 g/mol. The van der Waals surface area contributed by atoms with E-state index in [1.807, 2.05) is 6.92 Å². The average Bonchev–Trinajstić information content (AvgIpc) is 3.05. The van der Waals surface area contributed by atoms with Gasteiger partial charge in [0.2, 0.25) is 5.91 Å². The second-order valence-electron chi connectivity index (χ2n) is 11.2. The van der Waals surface area contributed by atoms with Gasteiger partial charge in [0.1, 0.15) is 17.7 Å². The van der Waals surface area contributed by atoms with Crippen molar-refractivity contribution in [2.24, 2.45) is 5.92 Å².